The van der Waals surface area contributed by atoms with E-state index in [4.69, 9.17) is 0 Å². The highest BCUT2D eigenvalue weighted by Gasteiger charge is 2.24. The van der Waals surface area contributed by atoms with E-state index in [2.05, 4.69) is 16.3 Å². The molecule has 7 heteroatoms. The fraction of sp³-hybridized carbons (Fsp3) is 0.350. The topological polar surface area (TPSA) is 78.7 Å². The molecule has 1 amide bonds. The van der Waals surface area contributed by atoms with Crippen molar-refractivity contribution in [1.29, 1.82) is 0 Å². The minimum absolute atomic E-state index is 0.0425. The van der Waals surface area contributed by atoms with Crippen LogP contribution in [-0.4, -0.2) is 48.5 Å². The summed E-state index contributed by atoms with van der Waals surface area (Å²) in [6.45, 7) is 7.01. The monoisotopic (exact) mass is 368 g/mol. The molecule has 0 spiro atoms. The second-order valence-electron chi connectivity index (χ2n) is 6.93. The maximum absolute atomic E-state index is 12.3. The van der Waals surface area contributed by atoms with Gasteiger partial charge in [0, 0.05) is 37.9 Å². The number of nitro groups is 1. The van der Waals surface area contributed by atoms with Crippen molar-refractivity contribution in [2.24, 2.45) is 0 Å². The minimum atomic E-state index is -0.348. The molecule has 0 saturated carbocycles. The van der Waals surface area contributed by atoms with Crippen LogP contribution in [-0.2, 0) is 4.79 Å². The van der Waals surface area contributed by atoms with E-state index < -0.39 is 0 Å². The van der Waals surface area contributed by atoms with Crippen LogP contribution in [0.25, 0.3) is 0 Å². The zero-order valence-corrected chi connectivity index (χ0v) is 15.6. The van der Waals surface area contributed by atoms with Gasteiger partial charge in [-0.1, -0.05) is 18.2 Å². The largest absolute Gasteiger partial charge is 0.363 e. The molecule has 2 aromatic carbocycles. The Balaban J connectivity index is 1.55. The first-order valence-corrected chi connectivity index (χ1v) is 9.01. The summed E-state index contributed by atoms with van der Waals surface area (Å²) in [5.41, 5.74) is 3.81. The zero-order valence-electron chi connectivity index (χ0n) is 15.6. The number of carbonyl (C=O) groups excluding carboxylic acids is 1. The van der Waals surface area contributed by atoms with Crippen molar-refractivity contribution in [1.82, 2.24) is 4.90 Å². The number of nitrogens with one attached hydrogen (secondary N) is 1. The molecular weight excluding hydrogens is 344 g/mol. The van der Waals surface area contributed by atoms with E-state index in [9.17, 15) is 14.9 Å². The van der Waals surface area contributed by atoms with Crippen LogP contribution in [0.3, 0.4) is 0 Å². The number of hydrogen-bond donors (Lipinski definition) is 1. The number of anilines is 2. The van der Waals surface area contributed by atoms with Gasteiger partial charge in [0.05, 0.1) is 11.5 Å². The van der Waals surface area contributed by atoms with Crippen molar-refractivity contribution in [2.45, 2.75) is 13.8 Å². The lowest BCUT2D eigenvalue weighted by Gasteiger charge is -2.35. The number of benzene rings is 2. The molecule has 0 aromatic heterocycles. The third-order valence-corrected chi connectivity index (χ3v) is 4.66. The van der Waals surface area contributed by atoms with Crippen molar-refractivity contribution >= 4 is 23.0 Å². The average molecular weight is 368 g/mol. The lowest BCUT2D eigenvalue weighted by Crippen LogP contribution is -2.48. The Kier molecular flexibility index (Phi) is 5.71. The number of aryl methyl sites for hydroxylation is 2. The molecule has 1 saturated heterocycles. The molecule has 1 fully saturated rings. The summed E-state index contributed by atoms with van der Waals surface area (Å²) in [5, 5.41) is 14.2. The second kappa shape index (κ2) is 8.18. The summed E-state index contributed by atoms with van der Waals surface area (Å²) in [5.74, 6) is -0.0425. The smallest absolute Gasteiger partial charge is 0.292 e. The zero-order chi connectivity index (χ0) is 19.4. The molecule has 27 heavy (non-hydrogen) atoms. The van der Waals surface area contributed by atoms with Gasteiger partial charge in [0.25, 0.3) is 5.69 Å². The van der Waals surface area contributed by atoms with Gasteiger partial charge in [0.15, 0.2) is 0 Å². The number of rotatable bonds is 5. The van der Waals surface area contributed by atoms with Crippen molar-refractivity contribution in [3.63, 3.8) is 0 Å². The number of amides is 1. The molecule has 2 aromatic rings. The molecule has 1 aliphatic rings. The molecule has 1 heterocycles. The maximum Gasteiger partial charge on any atom is 0.292 e. The van der Waals surface area contributed by atoms with Gasteiger partial charge in [0.1, 0.15) is 5.69 Å². The lowest BCUT2D eigenvalue weighted by molar-refractivity contribution is -0.384. The Hall–Kier alpha value is -2.93. The van der Waals surface area contributed by atoms with Crippen LogP contribution in [0.5, 0.6) is 0 Å². The summed E-state index contributed by atoms with van der Waals surface area (Å²) in [4.78, 5) is 27.3. The van der Waals surface area contributed by atoms with Crippen LogP contribution in [0.15, 0.2) is 42.5 Å². The standard InChI is InChI=1S/C20H24N4O3/c1-15-11-16(2)13-17(12-15)21-20(25)14-22-7-9-23(10-8-22)18-5-3-4-6-19(18)24(26)27/h3-6,11-13H,7-10,14H2,1-2H3,(H,21,25). The summed E-state index contributed by atoms with van der Waals surface area (Å²) < 4.78 is 0. The van der Waals surface area contributed by atoms with Gasteiger partial charge in [-0.25, -0.2) is 0 Å². The Labute approximate surface area is 158 Å². The SMILES string of the molecule is Cc1cc(C)cc(NC(=O)CN2CCN(c3ccccc3[N+](=O)[O-])CC2)c1. The van der Waals surface area contributed by atoms with E-state index in [-0.39, 0.29) is 16.5 Å². The third kappa shape index (κ3) is 4.83. The first-order chi connectivity index (χ1) is 12.9. The summed E-state index contributed by atoms with van der Waals surface area (Å²) >= 11 is 0. The molecule has 0 aliphatic carbocycles. The van der Waals surface area contributed by atoms with Gasteiger partial charge in [-0.05, 0) is 43.2 Å². The van der Waals surface area contributed by atoms with E-state index >= 15 is 0 Å². The van der Waals surface area contributed by atoms with E-state index in [1.54, 1.807) is 12.1 Å². The third-order valence-electron chi connectivity index (χ3n) is 4.66. The van der Waals surface area contributed by atoms with Gasteiger partial charge in [-0.3, -0.25) is 19.8 Å². The van der Waals surface area contributed by atoms with Crippen LogP contribution in [0.1, 0.15) is 11.1 Å². The number of carbonyl (C=O) groups is 1. The molecule has 0 atom stereocenters. The molecule has 0 bridgehead atoms. The van der Waals surface area contributed by atoms with Gasteiger partial charge in [-0.15, -0.1) is 0 Å². The molecule has 1 N–H and O–H groups in total. The highest BCUT2D eigenvalue weighted by Crippen LogP contribution is 2.28. The first-order valence-electron chi connectivity index (χ1n) is 9.01. The number of piperazine rings is 1. The highest BCUT2D eigenvalue weighted by atomic mass is 16.6. The molecule has 1 aliphatic heterocycles. The van der Waals surface area contributed by atoms with E-state index in [1.807, 2.05) is 36.9 Å². The minimum Gasteiger partial charge on any atom is -0.363 e. The molecular formula is C20H24N4O3. The normalized spacial score (nSPS) is 14.8. The fourth-order valence-electron chi connectivity index (χ4n) is 3.48. The number of nitrogens with zero attached hydrogens (tertiary/aromatic N) is 3. The van der Waals surface area contributed by atoms with Gasteiger partial charge >= 0.3 is 0 Å². The van der Waals surface area contributed by atoms with Crippen LogP contribution >= 0.6 is 0 Å². The highest BCUT2D eigenvalue weighted by molar-refractivity contribution is 5.92. The number of hydrogen-bond acceptors (Lipinski definition) is 5. The number of nitro benzene ring substituents is 1. The Bertz CT molecular complexity index is 825. The Morgan fingerprint density at radius 1 is 1.07 bits per heavy atom. The summed E-state index contributed by atoms with van der Waals surface area (Å²) in [7, 11) is 0. The van der Waals surface area contributed by atoms with Crippen molar-refractivity contribution in [3.8, 4) is 0 Å². The van der Waals surface area contributed by atoms with E-state index in [1.165, 1.54) is 6.07 Å². The van der Waals surface area contributed by atoms with Crippen LogP contribution in [0.4, 0.5) is 17.1 Å². The maximum atomic E-state index is 12.3. The molecule has 0 unspecified atom stereocenters. The Morgan fingerprint density at radius 2 is 1.70 bits per heavy atom. The quantitative estimate of drug-likeness (QED) is 0.648. The van der Waals surface area contributed by atoms with Gasteiger partial charge in [-0.2, -0.15) is 0 Å². The molecule has 7 nitrogen and oxygen atoms in total. The number of para-hydroxylation sites is 2. The molecule has 142 valence electrons. The predicted molar refractivity (Wildman–Crippen MR) is 106 cm³/mol. The van der Waals surface area contributed by atoms with Gasteiger partial charge in [0.2, 0.25) is 5.91 Å². The van der Waals surface area contributed by atoms with Crippen LogP contribution in [0.2, 0.25) is 0 Å². The second-order valence-corrected chi connectivity index (χ2v) is 6.93. The summed E-state index contributed by atoms with van der Waals surface area (Å²) in [6.07, 6.45) is 0. The van der Waals surface area contributed by atoms with Gasteiger partial charge < -0.3 is 10.2 Å². The van der Waals surface area contributed by atoms with Crippen LogP contribution in [0, 0.1) is 24.0 Å². The molecule has 0 radical (unpaired) electrons. The van der Waals surface area contributed by atoms with E-state index in [0.29, 0.717) is 38.4 Å². The van der Waals surface area contributed by atoms with Crippen molar-refractivity contribution in [2.75, 3.05) is 42.9 Å². The lowest BCUT2D eigenvalue weighted by atomic mass is 10.1. The van der Waals surface area contributed by atoms with Crippen molar-refractivity contribution in [3.05, 3.63) is 63.7 Å². The Morgan fingerprint density at radius 3 is 2.33 bits per heavy atom. The first kappa shape index (κ1) is 18.8. The van der Waals surface area contributed by atoms with Crippen molar-refractivity contribution < 1.29 is 9.72 Å². The predicted octanol–water partition coefficient (Wildman–Crippen LogP) is 2.97. The molecule has 3 rings (SSSR count). The van der Waals surface area contributed by atoms with Crippen LogP contribution < -0.4 is 10.2 Å². The average Bonchev–Trinajstić information content (AvgIpc) is 2.61. The summed E-state index contributed by atoms with van der Waals surface area (Å²) in [6, 6.07) is 12.8. The van der Waals surface area contributed by atoms with E-state index in [0.717, 1.165) is 16.8 Å². The fourth-order valence-corrected chi connectivity index (χ4v) is 3.48.